The molecule has 0 aliphatic rings. The van der Waals surface area contributed by atoms with Crippen LogP contribution >= 0.6 is 0 Å². The number of hydrogen-bond donors (Lipinski definition) is 1. The first kappa shape index (κ1) is 17.2. The SMILES string of the molecule is CC(C)OC(=O)c1ccc(NC(=O)COC(C)(C)C)cc1. The molecule has 5 heteroatoms. The van der Waals surface area contributed by atoms with Gasteiger partial charge in [-0.2, -0.15) is 0 Å². The first-order valence-corrected chi connectivity index (χ1v) is 6.92. The lowest BCUT2D eigenvalue weighted by molar-refractivity contribution is -0.125. The molecule has 1 rings (SSSR count). The lowest BCUT2D eigenvalue weighted by Crippen LogP contribution is -2.27. The molecule has 0 unspecified atom stereocenters. The van der Waals surface area contributed by atoms with Gasteiger partial charge in [0.15, 0.2) is 0 Å². The second-order valence-electron chi connectivity index (χ2n) is 5.98. The van der Waals surface area contributed by atoms with Gasteiger partial charge in [0.25, 0.3) is 0 Å². The third-order valence-corrected chi connectivity index (χ3v) is 2.38. The monoisotopic (exact) mass is 293 g/mol. The summed E-state index contributed by atoms with van der Waals surface area (Å²) in [5, 5.41) is 2.71. The number of amides is 1. The summed E-state index contributed by atoms with van der Waals surface area (Å²) < 4.78 is 10.5. The Morgan fingerprint density at radius 1 is 1.14 bits per heavy atom. The van der Waals surface area contributed by atoms with Crippen LogP contribution in [-0.4, -0.2) is 30.2 Å². The van der Waals surface area contributed by atoms with Gasteiger partial charge in [-0.3, -0.25) is 4.79 Å². The van der Waals surface area contributed by atoms with Crippen LogP contribution in [0.4, 0.5) is 5.69 Å². The Labute approximate surface area is 125 Å². The van der Waals surface area contributed by atoms with Crippen molar-refractivity contribution in [1.29, 1.82) is 0 Å². The van der Waals surface area contributed by atoms with Crippen molar-refractivity contribution < 1.29 is 19.1 Å². The molecule has 0 spiro atoms. The highest BCUT2D eigenvalue weighted by atomic mass is 16.5. The van der Waals surface area contributed by atoms with E-state index in [4.69, 9.17) is 9.47 Å². The molecule has 1 N–H and O–H groups in total. The third kappa shape index (κ3) is 6.90. The second kappa shape index (κ2) is 7.22. The number of carbonyl (C=O) groups is 2. The Kier molecular flexibility index (Phi) is 5.90. The number of rotatable bonds is 5. The lowest BCUT2D eigenvalue weighted by Gasteiger charge is -2.19. The van der Waals surface area contributed by atoms with Gasteiger partial charge in [0.05, 0.1) is 17.3 Å². The second-order valence-corrected chi connectivity index (χ2v) is 5.98. The molecule has 0 fully saturated rings. The Morgan fingerprint density at radius 3 is 2.19 bits per heavy atom. The first-order chi connectivity index (χ1) is 9.67. The van der Waals surface area contributed by atoms with Crippen LogP contribution in [-0.2, 0) is 14.3 Å². The average Bonchev–Trinajstić information content (AvgIpc) is 2.35. The molecule has 0 aliphatic carbocycles. The molecule has 0 aliphatic heterocycles. The smallest absolute Gasteiger partial charge is 0.338 e. The Bertz CT molecular complexity index is 486. The minimum atomic E-state index is -0.376. The molecule has 0 aromatic heterocycles. The molecule has 0 saturated heterocycles. The zero-order chi connectivity index (χ0) is 16.0. The number of benzene rings is 1. The van der Waals surface area contributed by atoms with E-state index in [0.29, 0.717) is 11.3 Å². The predicted molar refractivity (Wildman–Crippen MR) is 81.3 cm³/mol. The van der Waals surface area contributed by atoms with Crippen molar-refractivity contribution in [2.75, 3.05) is 11.9 Å². The quantitative estimate of drug-likeness (QED) is 0.848. The van der Waals surface area contributed by atoms with Crippen molar-refractivity contribution >= 4 is 17.6 Å². The maximum Gasteiger partial charge on any atom is 0.338 e. The third-order valence-electron chi connectivity index (χ3n) is 2.38. The van der Waals surface area contributed by atoms with E-state index >= 15 is 0 Å². The van der Waals surface area contributed by atoms with E-state index in [1.54, 1.807) is 38.1 Å². The van der Waals surface area contributed by atoms with Gasteiger partial charge in [0.2, 0.25) is 5.91 Å². The molecule has 0 heterocycles. The van der Waals surface area contributed by atoms with Crippen LogP contribution in [0.1, 0.15) is 45.0 Å². The standard InChI is InChI=1S/C16H23NO4/c1-11(2)21-15(19)12-6-8-13(9-7-12)17-14(18)10-20-16(3,4)5/h6-9,11H,10H2,1-5H3,(H,17,18). The topological polar surface area (TPSA) is 64.6 Å². The fourth-order valence-electron chi connectivity index (χ4n) is 1.45. The molecule has 1 aromatic rings. The van der Waals surface area contributed by atoms with Crippen LogP contribution in [0.5, 0.6) is 0 Å². The van der Waals surface area contributed by atoms with Crippen molar-refractivity contribution in [2.45, 2.75) is 46.3 Å². The van der Waals surface area contributed by atoms with Gasteiger partial charge in [-0.15, -0.1) is 0 Å². The van der Waals surface area contributed by atoms with Crippen LogP contribution in [0.2, 0.25) is 0 Å². The molecule has 0 saturated carbocycles. The van der Waals surface area contributed by atoms with Crippen molar-refractivity contribution in [3.8, 4) is 0 Å². The average molecular weight is 293 g/mol. The zero-order valence-corrected chi connectivity index (χ0v) is 13.2. The van der Waals surface area contributed by atoms with Gasteiger partial charge in [-0.05, 0) is 58.9 Å². The van der Waals surface area contributed by atoms with Crippen LogP contribution in [0, 0.1) is 0 Å². The zero-order valence-electron chi connectivity index (χ0n) is 13.2. The minimum absolute atomic E-state index is 0.0133. The maximum atomic E-state index is 11.7. The Hall–Kier alpha value is -1.88. The lowest BCUT2D eigenvalue weighted by atomic mass is 10.2. The molecule has 0 radical (unpaired) electrons. The highest BCUT2D eigenvalue weighted by Gasteiger charge is 2.13. The van der Waals surface area contributed by atoms with Crippen LogP contribution in [0.3, 0.4) is 0 Å². The molecule has 116 valence electrons. The number of esters is 1. The van der Waals surface area contributed by atoms with E-state index < -0.39 is 0 Å². The van der Waals surface area contributed by atoms with Crippen LogP contribution < -0.4 is 5.32 Å². The van der Waals surface area contributed by atoms with Gasteiger partial charge in [-0.25, -0.2) is 4.79 Å². The minimum Gasteiger partial charge on any atom is -0.459 e. The van der Waals surface area contributed by atoms with Gasteiger partial charge >= 0.3 is 5.97 Å². The number of anilines is 1. The molecule has 5 nitrogen and oxygen atoms in total. The molecule has 0 atom stereocenters. The van der Waals surface area contributed by atoms with E-state index in [-0.39, 0.29) is 30.2 Å². The maximum absolute atomic E-state index is 11.7. The van der Waals surface area contributed by atoms with Gasteiger partial charge < -0.3 is 14.8 Å². The predicted octanol–water partition coefficient (Wildman–Crippen LogP) is 3.01. The molecule has 1 amide bonds. The number of ether oxygens (including phenoxy) is 2. The summed E-state index contributed by atoms with van der Waals surface area (Å²) in [7, 11) is 0. The normalized spacial score (nSPS) is 11.3. The van der Waals surface area contributed by atoms with Gasteiger partial charge in [0.1, 0.15) is 6.61 Å². The fraction of sp³-hybridized carbons (Fsp3) is 0.500. The van der Waals surface area contributed by atoms with E-state index in [1.165, 1.54) is 0 Å². The first-order valence-electron chi connectivity index (χ1n) is 6.92. The molecular formula is C16H23NO4. The van der Waals surface area contributed by atoms with Crippen LogP contribution in [0.25, 0.3) is 0 Å². The summed E-state index contributed by atoms with van der Waals surface area (Å²) in [6.45, 7) is 9.23. The number of nitrogens with one attached hydrogen (secondary N) is 1. The Balaban J connectivity index is 2.55. The largest absolute Gasteiger partial charge is 0.459 e. The van der Waals surface area contributed by atoms with Gasteiger partial charge in [0, 0.05) is 5.69 Å². The highest BCUT2D eigenvalue weighted by molar-refractivity contribution is 5.93. The van der Waals surface area contributed by atoms with E-state index in [9.17, 15) is 9.59 Å². The summed E-state index contributed by atoms with van der Waals surface area (Å²) in [5.74, 6) is -0.610. The summed E-state index contributed by atoms with van der Waals surface area (Å²) >= 11 is 0. The molecule has 1 aromatic carbocycles. The molecule has 21 heavy (non-hydrogen) atoms. The van der Waals surface area contributed by atoms with E-state index in [1.807, 2.05) is 20.8 Å². The van der Waals surface area contributed by atoms with Crippen molar-refractivity contribution in [2.24, 2.45) is 0 Å². The number of carbonyl (C=O) groups excluding carboxylic acids is 2. The van der Waals surface area contributed by atoms with E-state index in [2.05, 4.69) is 5.32 Å². The fourth-order valence-corrected chi connectivity index (χ4v) is 1.45. The summed E-state index contributed by atoms with van der Waals surface area (Å²) in [6, 6.07) is 6.55. The molecular weight excluding hydrogens is 270 g/mol. The summed E-state index contributed by atoms with van der Waals surface area (Å²) in [5.41, 5.74) is 0.702. The van der Waals surface area contributed by atoms with Crippen LogP contribution in [0.15, 0.2) is 24.3 Å². The van der Waals surface area contributed by atoms with Gasteiger partial charge in [-0.1, -0.05) is 0 Å². The highest BCUT2D eigenvalue weighted by Crippen LogP contribution is 2.12. The summed E-state index contributed by atoms with van der Waals surface area (Å²) in [4.78, 5) is 23.4. The van der Waals surface area contributed by atoms with E-state index in [0.717, 1.165) is 0 Å². The van der Waals surface area contributed by atoms with Crippen molar-refractivity contribution in [1.82, 2.24) is 0 Å². The van der Waals surface area contributed by atoms with Crippen molar-refractivity contribution in [3.63, 3.8) is 0 Å². The number of hydrogen-bond acceptors (Lipinski definition) is 4. The van der Waals surface area contributed by atoms with Crippen molar-refractivity contribution in [3.05, 3.63) is 29.8 Å². The summed E-state index contributed by atoms with van der Waals surface area (Å²) in [6.07, 6.45) is -0.161. The molecule has 0 bridgehead atoms. The Morgan fingerprint density at radius 2 is 1.71 bits per heavy atom.